The predicted octanol–water partition coefficient (Wildman–Crippen LogP) is 2.96. The lowest BCUT2D eigenvalue weighted by Crippen LogP contribution is -2.37. The van der Waals surface area contributed by atoms with Crippen LogP contribution in [0.15, 0.2) is 36.4 Å². The molecule has 0 saturated carbocycles. The molecule has 3 rings (SSSR count). The van der Waals surface area contributed by atoms with Crippen LogP contribution in [0.2, 0.25) is 0 Å². The monoisotopic (exact) mass is 401 g/mol. The minimum absolute atomic E-state index is 0.00750. The maximum Gasteiger partial charge on any atom is 0.404 e. The minimum atomic E-state index is -4.41. The van der Waals surface area contributed by atoms with E-state index in [9.17, 15) is 26.4 Å². The summed E-state index contributed by atoms with van der Waals surface area (Å²) in [6.07, 6.45) is -1.13. The van der Waals surface area contributed by atoms with Gasteiger partial charge in [-0.3, -0.25) is 4.31 Å². The maximum absolute atomic E-state index is 14.2. The van der Waals surface area contributed by atoms with Gasteiger partial charge in [-0.15, -0.1) is 0 Å². The molecule has 11 heteroatoms. The quantitative estimate of drug-likeness (QED) is 0.754. The first-order chi connectivity index (χ1) is 12.7. The third kappa shape index (κ3) is 3.37. The molecule has 0 radical (unpaired) electrons. The minimum Gasteiger partial charge on any atom is -0.465 e. The first kappa shape index (κ1) is 18.8. The van der Waals surface area contributed by atoms with E-state index in [0.717, 1.165) is 4.31 Å². The zero-order valence-electron chi connectivity index (χ0n) is 13.7. The number of halogens is 3. The standard InChI is InChI=1S/C16H14F3N3O4S/c17-10-8-11(18)15(12(19)9-10)22-14-5-2-1-4-13(14)21(27(22,25)26)7-3-6-20-16(23)24/h1-2,4-5,8-9,20H,3,6-7H2,(H,23,24). The number of hydrogen-bond acceptors (Lipinski definition) is 3. The van der Waals surface area contributed by atoms with Crippen molar-refractivity contribution in [3.8, 4) is 0 Å². The lowest BCUT2D eigenvalue weighted by molar-refractivity contribution is 0.194. The Morgan fingerprint density at radius 3 is 2.26 bits per heavy atom. The molecule has 1 heterocycles. The van der Waals surface area contributed by atoms with Gasteiger partial charge < -0.3 is 10.4 Å². The summed E-state index contributed by atoms with van der Waals surface area (Å²) in [5.41, 5.74) is -0.723. The first-order valence-corrected chi connectivity index (χ1v) is 9.16. The van der Waals surface area contributed by atoms with Crippen molar-refractivity contribution < 1.29 is 31.5 Å². The van der Waals surface area contributed by atoms with Crippen molar-refractivity contribution in [2.45, 2.75) is 6.42 Å². The Hall–Kier alpha value is -2.95. The fourth-order valence-corrected chi connectivity index (χ4v) is 4.58. The molecule has 0 atom stereocenters. The van der Waals surface area contributed by atoms with E-state index in [1.165, 1.54) is 18.2 Å². The Kier molecular flexibility index (Phi) is 4.87. The SMILES string of the molecule is O=C(O)NCCCN1c2ccccc2N(c2c(F)cc(F)cc2F)S1(=O)=O. The van der Waals surface area contributed by atoms with E-state index >= 15 is 0 Å². The number of nitrogens with zero attached hydrogens (tertiary/aromatic N) is 2. The van der Waals surface area contributed by atoms with Gasteiger partial charge in [-0.2, -0.15) is 8.42 Å². The number of para-hydroxylation sites is 2. The zero-order valence-corrected chi connectivity index (χ0v) is 14.5. The molecule has 0 unspecified atom stereocenters. The average molecular weight is 401 g/mol. The van der Waals surface area contributed by atoms with Crippen LogP contribution >= 0.6 is 0 Å². The van der Waals surface area contributed by atoms with Crippen molar-refractivity contribution in [2.75, 3.05) is 21.7 Å². The third-order valence-electron chi connectivity index (χ3n) is 3.88. The number of hydrogen-bond donors (Lipinski definition) is 2. The van der Waals surface area contributed by atoms with Crippen LogP contribution in [0.25, 0.3) is 0 Å². The van der Waals surface area contributed by atoms with E-state index in [4.69, 9.17) is 5.11 Å². The molecule has 0 bridgehead atoms. The molecular weight excluding hydrogens is 387 g/mol. The second-order valence-corrected chi connectivity index (χ2v) is 7.34. The van der Waals surface area contributed by atoms with Gasteiger partial charge in [0, 0.05) is 25.2 Å². The summed E-state index contributed by atoms with van der Waals surface area (Å²) in [4.78, 5) is 10.5. The summed E-state index contributed by atoms with van der Waals surface area (Å²) in [5.74, 6) is -3.89. The smallest absolute Gasteiger partial charge is 0.404 e. The molecule has 0 aromatic heterocycles. The third-order valence-corrected chi connectivity index (χ3v) is 5.65. The Morgan fingerprint density at radius 2 is 1.67 bits per heavy atom. The summed E-state index contributed by atoms with van der Waals surface area (Å²) < 4.78 is 69.0. The zero-order chi connectivity index (χ0) is 19.8. The van der Waals surface area contributed by atoms with Crippen LogP contribution in [0.1, 0.15) is 6.42 Å². The van der Waals surface area contributed by atoms with E-state index < -0.39 is 39.4 Å². The van der Waals surface area contributed by atoms with E-state index in [0.29, 0.717) is 16.4 Å². The van der Waals surface area contributed by atoms with Crippen LogP contribution in [0.3, 0.4) is 0 Å². The molecule has 2 aromatic carbocycles. The normalized spacial score (nSPS) is 14.9. The van der Waals surface area contributed by atoms with Crippen LogP contribution in [-0.2, 0) is 10.2 Å². The number of anilines is 3. The van der Waals surface area contributed by atoms with Crippen molar-refractivity contribution in [3.63, 3.8) is 0 Å². The number of fused-ring (bicyclic) bond motifs is 1. The number of benzene rings is 2. The van der Waals surface area contributed by atoms with E-state index in [-0.39, 0.29) is 30.9 Å². The number of rotatable bonds is 5. The Labute approximate surface area is 152 Å². The number of amides is 1. The van der Waals surface area contributed by atoms with Gasteiger partial charge in [-0.1, -0.05) is 12.1 Å². The van der Waals surface area contributed by atoms with Gasteiger partial charge >= 0.3 is 16.3 Å². The summed E-state index contributed by atoms with van der Waals surface area (Å²) in [7, 11) is -4.41. The summed E-state index contributed by atoms with van der Waals surface area (Å²) in [5, 5.41) is 10.7. The summed E-state index contributed by atoms with van der Waals surface area (Å²) in [6.45, 7) is -0.136. The lowest BCUT2D eigenvalue weighted by Gasteiger charge is -2.22. The molecule has 2 aromatic rings. The van der Waals surface area contributed by atoms with Gasteiger partial charge in [-0.25, -0.2) is 22.3 Å². The van der Waals surface area contributed by atoms with E-state index in [1.54, 1.807) is 6.07 Å². The van der Waals surface area contributed by atoms with Crippen molar-refractivity contribution >= 4 is 33.4 Å². The van der Waals surface area contributed by atoms with E-state index in [2.05, 4.69) is 5.32 Å². The van der Waals surface area contributed by atoms with Gasteiger partial charge in [0.2, 0.25) is 0 Å². The summed E-state index contributed by atoms with van der Waals surface area (Å²) in [6, 6.07) is 6.67. The summed E-state index contributed by atoms with van der Waals surface area (Å²) >= 11 is 0. The Balaban J connectivity index is 2.03. The highest BCUT2D eigenvalue weighted by molar-refractivity contribution is 7.95. The van der Waals surface area contributed by atoms with Crippen LogP contribution in [-0.4, -0.2) is 32.7 Å². The maximum atomic E-state index is 14.2. The van der Waals surface area contributed by atoms with Crippen LogP contribution in [0.4, 0.5) is 35.0 Å². The van der Waals surface area contributed by atoms with Gasteiger partial charge in [0.1, 0.15) is 11.5 Å². The van der Waals surface area contributed by atoms with Gasteiger partial charge in [-0.05, 0) is 18.6 Å². The van der Waals surface area contributed by atoms with Gasteiger partial charge in [0.05, 0.1) is 11.4 Å². The highest BCUT2D eigenvalue weighted by atomic mass is 32.2. The predicted molar refractivity (Wildman–Crippen MR) is 91.8 cm³/mol. The van der Waals surface area contributed by atoms with Crippen LogP contribution in [0, 0.1) is 17.5 Å². The van der Waals surface area contributed by atoms with Crippen LogP contribution in [0.5, 0.6) is 0 Å². The molecule has 144 valence electrons. The van der Waals surface area contributed by atoms with Crippen molar-refractivity contribution in [3.05, 3.63) is 53.8 Å². The lowest BCUT2D eigenvalue weighted by atomic mass is 10.2. The van der Waals surface area contributed by atoms with Gasteiger partial charge in [0.15, 0.2) is 11.6 Å². The van der Waals surface area contributed by atoms with Crippen molar-refractivity contribution in [1.29, 1.82) is 0 Å². The molecule has 1 aliphatic rings. The molecule has 0 spiro atoms. The Bertz CT molecular complexity index is 977. The molecule has 7 nitrogen and oxygen atoms in total. The van der Waals surface area contributed by atoms with Crippen molar-refractivity contribution in [2.24, 2.45) is 0 Å². The number of carbonyl (C=O) groups is 1. The first-order valence-electron chi connectivity index (χ1n) is 7.77. The largest absolute Gasteiger partial charge is 0.465 e. The molecule has 0 saturated heterocycles. The van der Waals surface area contributed by atoms with Gasteiger partial charge in [0.25, 0.3) is 0 Å². The molecule has 0 aliphatic carbocycles. The second kappa shape index (κ2) is 6.99. The molecule has 1 aliphatic heterocycles. The Morgan fingerprint density at radius 1 is 1.07 bits per heavy atom. The molecular formula is C16H14F3N3O4S. The fraction of sp³-hybridized carbons (Fsp3) is 0.188. The van der Waals surface area contributed by atoms with Crippen LogP contribution < -0.4 is 13.9 Å². The highest BCUT2D eigenvalue weighted by Gasteiger charge is 2.43. The molecule has 1 amide bonds. The number of nitrogens with one attached hydrogen (secondary N) is 1. The average Bonchev–Trinajstić information content (AvgIpc) is 2.78. The highest BCUT2D eigenvalue weighted by Crippen LogP contribution is 2.46. The molecule has 0 fully saturated rings. The molecule has 2 N–H and O–H groups in total. The molecule has 27 heavy (non-hydrogen) atoms. The number of carboxylic acid groups (broad SMARTS) is 1. The van der Waals surface area contributed by atoms with E-state index in [1.807, 2.05) is 0 Å². The fourth-order valence-electron chi connectivity index (χ4n) is 2.81. The topological polar surface area (TPSA) is 89.9 Å². The second-order valence-electron chi connectivity index (χ2n) is 5.64. The van der Waals surface area contributed by atoms with Crippen molar-refractivity contribution in [1.82, 2.24) is 5.32 Å².